The Kier molecular flexibility index (Phi) is 6.44. The molecule has 0 heterocycles. The van der Waals surface area contributed by atoms with Crippen LogP contribution in [0.3, 0.4) is 0 Å². The Bertz CT molecular complexity index is 420. The molecular weight excluding hydrogens is 258 g/mol. The van der Waals surface area contributed by atoms with Gasteiger partial charge in [-0.2, -0.15) is 0 Å². The van der Waals surface area contributed by atoms with Crippen LogP contribution in [0.5, 0.6) is 5.75 Å². The average molecular weight is 281 g/mol. The van der Waals surface area contributed by atoms with Crippen molar-refractivity contribution in [2.45, 2.75) is 31.8 Å². The molecule has 0 saturated heterocycles. The highest BCUT2D eigenvalue weighted by molar-refractivity contribution is 5.74. The molecule has 0 aliphatic carbocycles. The van der Waals surface area contributed by atoms with E-state index in [0.29, 0.717) is 13.0 Å². The van der Waals surface area contributed by atoms with Gasteiger partial charge in [0.1, 0.15) is 11.8 Å². The van der Waals surface area contributed by atoms with E-state index < -0.39 is 12.0 Å². The molecule has 0 radical (unpaired) electrons. The summed E-state index contributed by atoms with van der Waals surface area (Å²) < 4.78 is 0. The second kappa shape index (κ2) is 7.84. The summed E-state index contributed by atoms with van der Waals surface area (Å²) in [4.78, 5) is 11.3. The summed E-state index contributed by atoms with van der Waals surface area (Å²) in [5.74, 6) is 4.83. The van der Waals surface area contributed by atoms with Crippen LogP contribution in [-0.2, 0) is 11.2 Å². The lowest BCUT2D eigenvalue weighted by Crippen LogP contribution is -2.44. The number of hydrogen-bond acceptors (Lipinski definition) is 5. The van der Waals surface area contributed by atoms with Crippen LogP contribution in [0.4, 0.5) is 0 Å². The van der Waals surface area contributed by atoms with Crippen LogP contribution in [0.1, 0.15) is 18.9 Å². The summed E-state index contributed by atoms with van der Waals surface area (Å²) >= 11 is 0. The van der Waals surface area contributed by atoms with E-state index in [0.717, 1.165) is 12.0 Å². The number of carboxylic acids is 1. The minimum atomic E-state index is -0.883. The van der Waals surface area contributed by atoms with Crippen molar-refractivity contribution in [3.05, 3.63) is 29.8 Å². The van der Waals surface area contributed by atoms with Crippen LogP contribution in [0, 0.1) is 0 Å². The van der Waals surface area contributed by atoms with Crippen molar-refractivity contribution in [3.8, 4) is 5.75 Å². The van der Waals surface area contributed by atoms with E-state index in [9.17, 15) is 15.0 Å². The SMILES string of the molecule is CC(CCN(C)N)N[C@@H](Cc1ccc(O)cc1)C(=O)O. The molecule has 112 valence electrons. The lowest BCUT2D eigenvalue weighted by atomic mass is 10.0. The van der Waals surface area contributed by atoms with Crippen molar-refractivity contribution in [1.29, 1.82) is 0 Å². The quantitative estimate of drug-likeness (QED) is 0.410. The normalized spacial score (nSPS) is 14.2. The summed E-state index contributed by atoms with van der Waals surface area (Å²) in [6.45, 7) is 2.63. The van der Waals surface area contributed by atoms with Crippen LogP contribution >= 0.6 is 0 Å². The number of nitrogens with two attached hydrogens (primary N) is 1. The van der Waals surface area contributed by atoms with Crippen molar-refractivity contribution < 1.29 is 15.0 Å². The molecular formula is C14H23N3O3. The molecule has 1 unspecified atom stereocenters. The molecule has 0 saturated carbocycles. The standard InChI is InChI=1S/C14H23N3O3/c1-10(7-8-17(2)15)16-13(14(19)20)9-11-3-5-12(18)6-4-11/h3-6,10,13,16,18H,7-9,15H2,1-2H3,(H,19,20)/t10?,13-/m0/s1. The summed E-state index contributed by atoms with van der Waals surface area (Å²) in [5.41, 5.74) is 0.867. The van der Waals surface area contributed by atoms with Crippen LogP contribution < -0.4 is 11.2 Å². The third kappa shape index (κ3) is 6.01. The number of phenols is 1. The Morgan fingerprint density at radius 2 is 2.00 bits per heavy atom. The second-order valence-electron chi connectivity index (χ2n) is 5.10. The number of carbonyl (C=O) groups is 1. The van der Waals surface area contributed by atoms with E-state index in [2.05, 4.69) is 5.32 Å². The van der Waals surface area contributed by atoms with E-state index in [1.165, 1.54) is 0 Å². The van der Waals surface area contributed by atoms with Gasteiger partial charge in [-0.15, -0.1) is 0 Å². The Hall–Kier alpha value is -1.63. The lowest BCUT2D eigenvalue weighted by molar-refractivity contribution is -0.139. The van der Waals surface area contributed by atoms with Gasteiger partial charge in [0.2, 0.25) is 0 Å². The monoisotopic (exact) mass is 281 g/mol. The fourth-order valence-corrected chi connectivity index (χ4v) is 1.91. The van der Waals surface area contributed by atoms with Gasteiger partial charge in [0, 0.05) is 19.6 Å². The number of hydrogen-bond donors (Lipinski definition) is 4. The molecule has 1 aromatic carbocycles. The maximum atomic E-state index is 11.3. The van der Waals surface area contributed by atoms with Gasteiger partial charge >= 0.3 is 5.97 Å². The van der Waals surface area contributed by atoms with E-state index in [-0.39, 0.29) is 11.8 Å². The number of nitrogens with one attached hydrogen (secondary N) is 1. The number of carboxylic acid groups (broad SMARTS) is 1. The van der Waals surface area contributed by atoms with Crippen LogP contribution in [0.2, 0.25) is 0 Å². The molecule has 0 aromatic heterocycles. The Morgan fingerprint density at radius 3 is 2.50 bits per heavy atom. The molecule has 0 spiro atoms. The minimum absolute atomic E-state index is 0.0548. The number of phenolic OH excluding ortho intramolecular Hbond substituents is 1. The zero-order chi connectivity index (χ0) is 15.1. The zero-order valence-corrected chi connectivity index (χ0v) is 11.9. The smallest absolute Gasteiger partial charge is 0.321 e. The summed E-state index contributed by atoms with van der Waals surface area (Å²) in [7, 11) is 1.78. The largest absolute Gasteiger partial charge is 0.508 e. The van der Waals surface area contributed by atoms with E-state index >= 15 is 0 Å². The minimum Gasteiger partial charge on any atom is -0.508 e. The first-order valence-corrected chi connectivity index (χ1v) is 6.61. The maximum absolute atomic E-state index is 11.3. The predicted molar refractivity (Wildman–Crippen MR) is 77.3 cm³/mol. The second-order valence-corrected chi connectivity index (χ2v) is 5.10. The van der Waals surface area contributed by atoms with Gasteiger partial charge in [-0.1, -0.05) is 12.1 Å². The molecule has 1 rings (SSSR count). The molecule has 2 atom stereocenters. The average Bonchev–Trinajstić information content (AvgIpc) is 2.38. The summed E-state index contributed by atoms with van der Waals surface area (Å²) in [5, 5.41) is 23.2. The fourth-order valence-electron chi connectivity index (χ4n) is 1.91. The Labute approximate surface area is 119 Å². The van der Waals surface area contributed by atoms with Crippen LogP contribution in [-0.4, -0.2) is 46.9 Å². The highest BCUT2D eigenvalue weighted by Gasteiger charge is 2.20. The molecule has 0 fully saturated rings. The first-order chi connectivity index (χ1) is 9.38. The van der Waals surface area contributed by atoms with Crippen molar-refractivity contribution in [1.82, 2.24) is 10.3 Å². The highest BCUT2D eigenvalue weighted by Crippen LogP contribution is 2.12. The van der Waals surface area contributed by atoms with Gasteiger partial charge in [-0.05, 0) is 37.5 Å². The van der Waals surface area contributed by atoms with Gasteiger partial charge in [0.05, 0.1) is 0 Å². The molecule has 20 heavy (non-hydrogen) atoms. The number of benzene rings is 1. The Morgan fingerprint density at radius 1 is 1.40 bits per heavy atom. The third-order valence-electron chi connectivity index (χ3n) is 3.07. The molecule has 0 amide bonds. The molecule has 6 heteroatoms. The fraction of sp³-hybridized carbons (Fsp3) is 0.500. The Balaban J connectivity index is 2.56. The number of aliphatic carboxylic acids is 1. The van der Waals surface area contributed by atoms with Crippen LogP contribution in [0.15, 0.2) is 24.3 Å². The zero-order valence-electron chi connectivity index (χ0n) is 11.9. The van der Waals surface area contributed by atoms with Crippen molar-refractivity contribution in [3.63, 3.8) is 0 Å². The van der Waals surface area contributed by atoms with Crippen molar-refractivity contribution in [2.24, 2.45) is 5.84 Å². The molecule has 0 aliphatic rings. The molecule has 1 aromatic rings. The van der Waals surface area contributed by atoms with Crippen LogP contribution in [0.25, 0.3) is 0 Å². The first kappa shape index (κ1) is 16.4. The molecule has 0 aliphatic heterocycles. The van der Waals surface area contributed by atoms with Gasteiger partial charge in [0.15, 0.2) is 0 Å². The number of nitrogens with zero attached hydrogens (tertiary/aromatic N) is 1. The van der Waals surface area contributed by atoms with E-state index in [1.807, 2.05) is 6.92 Å². The predicted octanol–water partition coefficient (Wildman–Crippen LogP) is 0.562. The van der Waals surface area contributed by atoms with Gasteiger partial charge in [-0.25, -0.2) is 0 Å². The molecule has 5 N–H and O–H groups in total. The third-order valence-corrected chi connectivity index (χ3v) is 3.07. The lowest BCUT2D eigenvalue weighted by Gasteiger charge is -2.21. The number of aromatic hydroxyl groups is 1. The van der Waals surface area contributed by atoms with Crippen molar-refractivity contribution >= 4 is 5.97 Å². The van der Waals surface area contributed by atoms with E-state index in [1.54, 1.807) is 36.3 Å². The summed E-state index contributed by atoms with van der Waals surface area (Å²) in [6.07, 6.45) is 1.14. The topological polar surface area (TPSA) is 98.8 Å². The van der Waals surface area contributed by atoms with Gasteiger partial charge < -0.3 is 15.5 Å². The maximum Gasteiger partial charge on any atom is 0.321 e. The van der Waals surface area contributed by atoms with Crippen molar-refractivity contribution in [2.75, 3.05) is 13.6 Å². The highest BCUT2D eigenvalue weighted by atomic mass is 16.4. The summed E-state index contributed by atoms with van der Waals surface area (Å²) in [6, 6.07) is 5.97. The number of hydrazine groups is 1. The van der Waals surface area contributed by atoms with Gasteiger partial charge in [0.25, 0.3) is 0 Å². The first-order valence-electron chi connectivity index (χ1n) is 6.61. The molecule has 6 nitrogen and oxygen atoms in total. The molecule has 0 bridgehead atoms. The van der Waals surface area contributed by atoms with Gasteiger partial charge in [-0.3, -0.25) is 15.6 Å². The van der Waals surface area contributed by atoms with E-state index in [4.69, 9.17) is 5.84 Å². The number of rotatable bonds is 8.